The number of nitrogens with zero attached hydrogens (tertiary/aromatic N) is 2. The fraction of sp³-hybridized carbons (Fsp3) is 0.538. The van der Waals surface area contributed by atoms with Crippen LogP contribution in [0.5, 0.6) is 5.75 Å². The highest BCUT2D eigenvalue weighted by atomic mass is 16.5. The van der Waals surface area contributed by atoms with Crippen molar-refractivity contribution in [2.45, 2.75) is 32.1 Å². The highest BCUT2D eigenvalue weighted by molar-refractivity contribution is 5.79. The molecule has 0 amide bonds. The van der Waals surface area contributed by atoms with Crippen molar-refractivity contribution in [2.24, 2.45) is 5.92 Å². The number of hydrogen-bond acceptors (Lipinski definition) is 4. The number of ether oxygens (including phenoxy) is 1. The monoisotopic (exact) mass is 246 g/mol. The Bertz CT molecular complexity index is 531. The summed E-state index contributed by atoms with van der Waals surface area (Å²) in [5.41, 5.74) is 7.20. The summed E-state index contributed by atoms with van der Waals surface area (Å²) in [6.07, 6.45) is 8.17. The number of H-pyrrole nitrogens is 1. The summed E-state index contributed by atoms with van der Waals surface area (Å²) < 4.78 is 5.91. The Morgan fingerprint density at radius 3 is 3.00 bits per heavy atom. The maximum Gasteiger partial charge on any atom is 0.183 e. The molecule has 0 atom stereocenters. The zero-order chi connectivity index (χ0) is 12.4. The van der Waals surface area contributed by atoms with Crippen LogP contribution in [0.1, 0.15) is 32.1 Å². The van der Waals surface area contributed by atoms with E-state index >= 15 is 0 Å². The molecule has 0 spiro atoms. The molecule has 2 aromatic heterocycles. The van der Waals surface area contributed by atoms with Gasteiger partial charge in [0.25, 0.3) is 0 Å². The second-order valence-electron chi connectivity index (χ2n) is 4.96. The van der Waals surface area contributed by atoms with Crippen molar-refractivity contribution in [3.63, 3.8) is 0 Å². The van der Waals surface area contributed by atoms with Crippen LogP contribution in [0.3, 0.4) is 0 Å². The van der Waals surface area contributed by atoms with Crippen molar-refractivity contribution in [2.75, 3.05) is 12.3 Å². The van der Waals surface area contributed by atoms with Crippen molar-refractivity contribution in [3.8, 4) is 5.75 Å². The van der Waals surface area contributed by atoms with Crippen LogP contribution in [-0.4, -0.2) is 21.6 Å². The highest BCUT2D eigenvalue weighted by Gasteiger charge is 2.15. The summed E-state index contributed by atoms with van der Waals surface area (Å²) in [6, 6.07) is 1.77. The first-order chi connectivity index (χ1) is 8.83. The lowest BCUT2D eigenvalue weighted by Gasteiger charge is -2.21. The van der Waals surface area contributed by atoms with E-state index in [2.05, 4.69) is 15.0 Å². The molecule has 18 heavy (non-hydrogen) atoms. The van der Waals surface area contributed by atoms with Gasteiger partial charge in [0.2, 0.25) is 0 Å². The number of imidazole rings is 1. The molecular weight excluding hydrogens is 228 g/mol. The quantitative estimate of drug-likeness (QED) is 0.872. The van der Waals surface area contributed by atoms with Gasteiger partial charge in [-0.25, -0.2) is 9.97 Å². The summed E-state index contributed by atoms with van der Waals surface area (Å²) >= 11 is 0. The van der Waals surface area contributed by atoms with Gasteiger partial charge in [-0.2, -0.15) is 0 Å². The second-order valence-corrected chi connectivity index (χ2v) is 4.96. The third kappa shape index (κ3) is 2.25. The number of anilines is 1. The third-order valence-electron chi connectivity index (χ3n) is 3.58. The highest BCUT2D eigenvalue weighted by Crippen LogP contribution is 2.27. The summed E-state index contributed by atoms with van der Waals surface area (Å²) in [7, 11) is 0. The summed E-state index contributed by atoms with van der Waals surface area (Å²) in [5.74, 6) is 1.89. The van der Waals surface area contributed by atoms with Crippen molar-refractivity contribution < 1.29 is 4.74 Å². The minimum absolute atomic E-state index is 0.452. The average Bonchev–Trinajstić information content (AvgIpc) is 2.85. The Morgan fingerprint density at radius 1 is 1.33 bits per heavy atom. The van der Waals surface area contributed by atoms with E-state index in [1.165, 1.54) is 32.1 Å². The Labute approximate surface area is 106 Å². The number of hydrogen-bond donors (Lipinski definition) is 2. The Hall–Kier alpha value is -1.78. The van der Waals surface area contributed by atoms with Gasteiger partial charge in [-0.15, -0.1) is 0 Å². The maximum atomic E-state index is 5.91. The van der Waals surface area contributed by atoms with Crippen LogP contribution >= 0.6 is 0 Å². The zero-order valence-corrected chi connectivity index (χ0v) is 10.4. The van der Waals surface area contributed by atoms with Gasteiger partial charge in [0.15, 0.2) is 5.65 Å². The molecule has 96 valence electrons. The van der Waals surface area contributed by atoms with Crippen LogP contribution in [0.4, 0.5) is 5.82 Å². The lowest BCUT2D eigenvalue weighted by atomic mass is 9.90. The fourth-order valence-electron chi connectivity index (χ4n) is 2.59. The van der Waals surface area contributed by atoms with Crippen LogP contribution in [-0.2, 0) is 0 Å². The molecular formula is C13H18N4O. The molecule has 5 nitrogen and oxygen atoms in total. The number of nitrogen functional groups attached to an aromatic ring is 1. The first-order valence-electron chi connectivity index (χ1n) is 6.55. The summed E-state index contributed by atoms with van der Waals surface area (Å²) in [4.78, 5) is 11.3. The average molecular weight is 246 g/mol. The molecule has 5 heteroatoms. The molecule has 0 radical (unpaired) electrons. The zero-order valence-electron chi connectivity index (χ0n) is 10.4. The SMILES string of the molecule is Nc1cc(OCC2CCCCC2)c2[nH]cnc2n1. The Balaban J connectivity index is 1.75. The first-order valence-corrected chi connectivity index (χ1v) is 6.55. The van der Waals surface area contributed by atoms with Crippen molar-refractivity contribution >= 4 is 17.0 Å². The minimum Gasteiger partial charge on any atom is -0.491 e. The predicted molar refractivity (Wildman–Crippen MR) is 70.4 cm³/mol. The number of rotatable bonds is 3. The molecule has 0 bridgehead atoms. The van der Waals surface area contributed by atoms with Crippen molar-refractivity contribution in [1.29, 1.82) is 0 Å². The van der Waals surface area contributed by atoms with E-state index < -0.39 is 0 Å². The number of nitrogens with two attached hydrogens (primary N) is 1. The minimum atomic E-state index is 0.452. The van der Waals surface area contributed by atoms with Crippen LogP contribution < -0.4 is 10.5 Å². The standard InChI is InChI=1S/C13H18N4O/c14-11-6-10(12-13(17-11)16-8-15-12)18-7-9-4-2-1-3-5-9/h6,8-9H,1-5,7H2,(H3,14,15,16,17). The van der Waals surface area contributed by atoms with E-state index in [9.17, 15) is 0 Å². The molecule has 2 heterocycles. The molecule has 3 N–H and O–H groups in total. The second kappa shape index (κ2) is 4.84. The number of fused-ring (bicyclic) bond motifs is 1. The smallest absolute Gasteiger partial charge is 0.183 e. The molecule has 1 aliphatic rings. The lowest BCUT2D eigenvalue weighted by Crippen LogP contribution is -2.15. The molecule has 3 rings (SSSR count). The van der Waals surface area contributed by atoms with Crippen LogP contribution in [0, 0.1) is 5.92 Å². The number of pyridine rings is 1. The van der Waals surface area contributed by atoms with Crippen LogP contribution in [0.15, 0.2) is 12.4 Å². The maximum absolute atomic E-state index is 5.91. The van der Waals surface area contributed by atoms with Crippen molar-refractivity contribution in [1.82, 2.24) is 15.0 Å². The van der Waals surface area contributed by atoms with Gasteiger partial charge in [0.05, 0.1) is 12.9 Å². The largest absolute Gasteiger partial charge is 0.491 e. The van der Waals surface area contributed by atoms with Gasteiger partial charge in [0.1, 0.15) is 17.1 Å². The van der Waals surface area contributed by atoms with Crippen molar-refractivity contribution in [3.05, 3.63) is 12.4 Å². The van der Waals surface area contributed by atoms with E-state index in [0.29, 0.717) is 17.4 Å². The van der Waals surface area contributed by atoms with E-state index in [1.807, 2.05) is 0 Å². The van der Waals surface area contributed by atoms with Crippen LogP contribution in [0.25, 0.3) is 11.2 Å². The van der Waals surface area contributed by atoms with E-state index in [-0.39, 0.29) is 0 Å². The van der Waals surface area contributed by atoms with Gasteiger partial charge in [-0.05, 0) is 18.8 Å². The van der Waals surface area contributed by atoms with Crippen LogP contribution in [0.2, 0.25) is 0 Å². The molecule has 1 saturated carbocycles. The Morgan fingerprint density at radius 2 is 2.17 bits per heavy atom. The predicted octanol–water partition coefficient (Wildman–Crippen LogP) is 2.50. The van der Waals surface area contributed by atoms with E-state index in [4.69, 9.17) is 10.5 Å². The normalized spacial score (nSPS) is 17.1. The van der Waals surface area contributed by atoms with Gasteiger partial charge in [-0.3, -0.25) is 0 Å². The molecule has 0 saturated heterocycles. The topological polar surface area (TPSA) is 76.8 Å². The number of aromatic amines is 1. The van der Waals surface area contributed by atoms with Gasteiger partial charge >= 0.3 is 0 Å². The molecule has 1 fully saturated rings. The van der Waals surface area contributed by atoms with Gasteiger partial charge in [0, 0.05) is 6.07 Å². The van der Waals surface area contributed by atoms with Gasteiger partial charge < -0.3 is 15.5 Å². The first kappa shape index (κ1) is 11.3. The molecule has 0 aromatic carbocycles. The fourth-order valence-corrected chi connectivity index (χ4v) is 2.59. The molecule has 2 aromatic rings. The third-order valence-corrected chi connectivity index (χ3v) is 3.58. The van der Waals surface area contributed by atoms with E-state index in [1.54, 1.807) is 12.4 Å². The molecule has 1 aliphatic carbocycles. The summed E-state index contributed by atoms with van der Waals surface area (Å²) in [6.45, 7) is 0.761. The molecule has 0 aliphatic heterocycles. The Kier molecular flexibility index (Phi) is 3.04. The molecule has 0 unspecified atom stereocenters. The lowest BCUT2D eigenvalue weighted by molar-refractivity contribution is 0.210. The number of aromatic nitrogens is 3. The van der Waals surface area contributed by atoms with E-state index in [0.717, 1.165) is 17.9 Å². The summed E-state index contributed by atoms with van der Waals surface area (Å²) in [5, 5.41) is 0. The number of nitrogens with one attached hydrogen (secondary N) is 1. The van der Waals surface area contributed by atoms with Gasteiger partial charge in [-0.1, -0.05) is 19.3 Å².